The molecule has 0 radical (unpaired) electrons. The summed E-state index contributed by atoms with van der Waals surface area (Å²) in [6, 6.07) is 3.70. The number of carbonyl (C=O) groups is 1. The molecule has 1 aliphatic heterocycles. The number of amides is 1. The number of halogens is 1. The van der Waals surface area contributed by atoms with Crippen LogP contribution in [0.1, 0.15) is 10.4 Å². The molecule has 1 aromatic rings. The number of thioether (sulfide) groups is 1. The second-order valence-electron chi connectivity index (χ2n) is 4.01. The molecule has 1 fully saturated rings. The van der Waals surface area contributed by atoms with Gasteiger partial charge < -0.3 is 14.9 Å². The van der Waals surface area contributed by atoms with E-state index in [1.54, 1.807) is 16.7 Å². The zero-order valence-corrected chi connectivity index (χ0v) is 10.5. The number of benzene rings is 1. The fourth-order valence-electron chi connectivity index (χ4n) is 1.82. The Labute approximate surface area is 109 Å². The summed E-state index contributed by atoms with van der Waals surface area (Å²) in [4.78, 5) is 13.7. The highest BCUT2D eigenvalue weighted by molar-refractivity contribution is 7.99. The molecule has 0 bridgehead atoms. The van der Waals surface area contributed by atoms with Gasteiger partial charge in [-0.1, -0.05) is 6.07 Å². The Bertz CT molecular complexity index is 452. The Balaban J connectivity index is 2.18. The molecule has 0 aromatic heterocycles. The van der Waals surface area contributed by atoms with E-state index in [9.17, 15) is 9.18 Å². The summed E-state index contributed by atoms with van der Waals surface area (Å²) in [5, 5.41) is 17.8. The van der Waals surface area contributed by atoms with Crippen molar-refractivity contribution >= 4 is 30.3 Å². The molecule has 2 rings (SSSR count). The summed E-state index contributed by atoms with van der Waals surface area (Å²) in [5.74, 6) is 0.791. The Hall–Kier alpha value is -1.05. The van der Waals surface area contributed by atoms with Crippen molar-refractivity contribution < 1.29 is 19.2 Å². The molecule has 1 aromatic carbocycles. The minimum Gasteiger partial charge on any atom is -0.423 e. The van der Waals surface area contributed by atoms with Crippen molar-refractivity contribution in [2.24, 2.45) is 0 Å². The molecular formula is C11H13BFNO3S. The number of nitrogens with zero attached hydrogens (tertiary/aromatic N) is 1. The predicted octanol–water partition coefficient (Wildman–Crippen LogP) is -0.306. The van der Waals surface area contributed by atoms with Gasteiger partial charge in [0.05, 0.1) is 0 Å². The molecule has 1 amide bonds. The van der Waals surface area contributed by atoms with Gasteiger partial charge in [0, 0.05) is 35.6 Å². The Morgan fingerprint density at radius 2 is 2.00 bits per heavy atom. The van der Waals surface area contributed by atoms with E-state index in [0.29, 0.717) is 13.1 Å². The van der Waals surface area contributed by atoms with Gasteiger partial charge in [-0.05, 0) is 12.1 Å². The van der Waals surface area contributed by atoms with E-state index >= 15 is 0 Å². The number of hydrogen-bond donors (Lipinski definition) is 2. The molecule has 0 aliphatic carbocycles. The highest BCUT2D eigenvalue weighted by Crippen LogP contribution is 2.13. The highest BCUT2D eigenvalue weighted by Gasteiger charge is 2.21. The lowest BCUT2D eigenvalue weighted by molar-refractivity contribution is 0.0772. The first-order chi connectivity index (χ1) is 8.59. The van der Waals surface area contributed by atoms with Crippen LogP contribution in [0, 0.1) is 5.82 Å². The zero-order valence-electron chi connectivity index (χ0n) is 9.67. The van der Waals surface area contributed by atoms with Crippen molar-refractivity contribution in [3.05, 3.63) is 29.6 Å². The highest BCUT2D eigenvalue weighted by atomic mass is 32.2. The van der Waals surface area contributed by atoms with E-state index in [-0.39, 0.29) is 16.9 Å². The van der Waals surface area contributed by atoms with Crippen LogP contribution in [0.15, 0.2) is 18.2 Å². The van der Waals surface area contributed by atoms with Crippen molar-refractivity contribution in [2.45, 2.75) is 0 Å². The first-order valence-corrected chi connectivity index (χ1v) is 6.77. The van der Waals surface area contributed by atoms with Crippen LogP contribution in [-0.4, -0.2) is 52.6 Å². The maximum absolute atomic E-state index is 13.5. The van der Waals surface area contributed by atoms with Crippen molar-refractivity contribution in [2.75, 3.05) is 24.6 Å². The summed E-state index contributed by atoms with van der Waals surface area (Å²) in [6.07, 6.45) is 0. The van der Waals surface area contributed by atoms with Gasteiger partial charge in [-0.3, -0.25) is 4.79 Å². The van der Waals surface area contributed by atoms with E-state index in [1.807, 2.05) is 0 Å². The van der Waals surface area contributed by atoms with Crippen LogP contribution in [0.5, 0.6) is 0 Å². The molecule has 0 spiro atoms. The maximum Gasteiger partial charge on any atom is 0.491 e. The minimum absolute atomic E-state index is 0.215. The lowest BCUT2D eigenvalue weighted by Gasteiger charge is -2.26. The average molecular weight is 269 g/mol. The van der Waals surface area contributed by atoms with E-state index in [1.165, 1.54) is 12.1 Å². The lowest BCUT2D eigenvalue weighted by atomic mass is 9.79. The van der Waals surface area contributed by atoms with Crippen LogP contribution < -0.4 is 5.46 Å². The Morgan fingerprint density at radius 1 is 1.33 bits per heavy atom. The molecular weight excluding hydrogens is 256 g/mol. The average Bonchev–Trinajstić information content (AvgIpc) is 2.38. The van der Waals surface area contributed by atoms with E-state index in [4.69, 9.17) is 10.0 Å². The lowest BCUT2D eigenvalue weighted by Crippen LogP contribution is -2.38. The molecule has 18 heavy (non-hydrogen) atoms. The van der Waals surface area contributed by atoms with Crippen LogP contribution in [0.25, 0.3) is 0 Å². The van der Waals surface area contributed by atoms with Crippen LogP contribution in [0.4, 0.5) is 4.39 Å². The summed E-state index contributed by atoms with van der Waals surface area (Å²) in [6.45, 7) is 1.32. The van der Waals surface area contributed by atoms with Crippen molar-refractivity contribution in [3.8, 4) is 0 Å². The Kier molecular flexibility index (Phi) is 4.26. The standard InChI is InChI=1S/C11H13BFNO3S/c13-10-7-8(1-2-9(10)12(16)17)11(15)14-3-5-18-6-4-14/h1-2,7,16-17H,3-6H2. The fraction of sp³-hybridized carbons (Fsp3) is 0.364. The molecule has 1 saturated heterocycles. The summed E-state index contributed by atoms with van der Waals surface area (Å²) >= 11 is 1.79. The van der Waals surface area contributed by atoms with Crippen LogP contribution in [-0.2, 0) is 0 Å². The molecule has 0 unspecified atom stereocenters. The van der Waals surface area contributed by atoms with Gasteiger partial charge in [-0.2, -0.15) is 11.8 Å². The molecule has 96 valence electrons. The third-order valence-electron chi connectivity index (χ3n) is 2.82. The molecule has 1 aliphatic rings. The SMILES string of the molecule is O=C(c1ccc(B(O)O)c(F)c1)N1CCSCC1. The smallest absolute Gasteiger partial charge is 0.423 e. The molecule has 4 nitrogen and oxygen atoms in total. The first kappa shape index (κ1) is 13.4. The topological polar surface area (TPSA) is 60.8 Å². The quantitative estimate of drug-likeness (QED) is 0.723. The van der Waals surface area contributed by atoms with Gasteiger partial charge >= 0.3 is 7.12 Å². The largest absolute Gasteiger partial charge is 0.491 e. The monoisotopic (exact) mass is 269 g/mol. The second kappa shape index (κ2) is 5.73. The molecule has 1 heterocycles. The van der Waals surface area contributed by atoms with Crippen molar-refractivity contribution in [1.82, 2.24) is 4.90 Å². The number of hydrogen-bond acceptors (Lipinski definition) is 4. The molecule has 0 atom stereocenters. The van der Waals surface area contributed by atoms with Gasteiger partial charge in [0.25, 0.3) is 5.91 Å². The van der Waals surface area contributed by atoms with E-state index in [2.05, 4.69) is 0 Å². The van der Waals surface area contributed by atoms with Gasteiger partial charge in [-0.25, -0.2) is 4.39 Å². The minimum atomic E-state index is -1.86. The second-order valence-corrected chi connectivity index (χ2v) is 5.24. The van der Waals surface area contributed by atoms with E-state index in [0.717, 1.165) is 17.6 Å². The maximum atomic E-state index is 13.5. The number of rotatable bonds is 2. The van der Waals surface area contributed by atoms with E-state index < -0.39 is 12.9 Å². The van der Waals surface area contributed by atoms with Crippen LogP contribution in [0.2, 0.25) is 0 Å². The Morgan fingerprint density at radius 3 is 2.56 bits per heavy atom. The van der Waals surface area contributed by atoms with Gasteiger partial charge in [0.1, 0.15) is 5.82 Å². The van der Waals surface area contributed by atoms with Crippen LogP contribution >= 0.6 is 11.8 Å². The normalized spacial score (nSPS) is 15.6. The fourth-order valence-corrected chi connectivity index (χ4v) is 2.72. The summed E-state index contributed by atoms with van der Waals surface area (Å²) < 4.78 is 13.5. The first-order valence-electron chi connectivity index (χ1n) is 5.62. The third kappa shape index (κ3) is 2.85. The molecule has 0 saturated carbocycles. The predicted molar refractivity (Wildman–Crippen MR) is 69.5 cm³/mol. The van der Waals surface area contributed by atoms with Gasteiger partial charge in [-0.15, -0.1) is 0 Å². The van der Waals surface area contributed by atoms with Gasteiger partial charge in [0.15, 0.2) is 0 Å². The third-order valence-corrected chi connectivity index (χ3v) is 3.77. The number of carbonyl (C=O) groups excluding carboxylic acids is 1. The summed E-state index contributed by atoms with van der Waals surface area (Å²) in [5.41, 5.74) is 0.0181. The van der Waals surface area contributed by atoms with Gasteiger partial charge in [0.2, 0.25) is 0 Å². The molecule has 2 N–H and O–H groups in total. The van der Waals surface area contributed by atoms with Crippen molar-refractivity contribution in [1.29, 1.82) is 0 Å². The van der Waals surface area contributed by atoms with Crippen LogP contribution in [0.3, 0.4) is 0 Å². The summed E-state index contributed by atoms with van der Waals surface area (Å²) in [7, 11) is -1.86. The van der Waals surface area contributed by atoms with Crippen molar-refractivity contribution in [3.63, 3.8) is 0 Å². The zero-order chi connectivity index (χ0) is 13.1. The molecule has 7 heteroatoms.